The maximum atomic E-state index is 13.1. The fraction of sp³-hybridized carbons (Fsp3) is 0.450. The molecule has 2 fully saturated rings. The Hall–Kier alpha value is -1.69. The molecular formula is C20H23NO3S. The molecule has 2 aliphatic rings. The highest BCUT2D eigenvalue weighted by Crippen LogP contribution is 2.39. The molecule has 0 spiro atoms. The number of esters is 1. The first-order valence-electron chi connectivity index (χ1n) is 8.85. The maximum Gasteiger partial charge on any atom is 0.348 e. The quantitative estimate of drug-likeness (QED) is 0.854. The Labute approximate surface area is 152 Å². The lowest BCUT2D eigenvalue weighted by Crippen LogP contribution is -2.49. The topological polar surface area (TPSA) is 49.8 Å². The molecule has 0 amide bonds. The summed E-state index contributed by atoms with van der Waals surface area (Å²) in [5.74, 6) is -0.565. The number of aliphatic hydroxyl groups is 1. The molecular weight excluding hydrogens is 334 g/mol. The lowest BCUT2D eigenvalue weighted by atomic mass is 9.91. The van der Waals surface area contributed by atoms with Crippen LogP contribution in [0.1, 0.15) is 36.1 Å². The highest BCUT2D eigenvalue weighted by molar-refractivity contribution is 7.10. The van der Waals surface area contributed by atoms with Crippen molar-refractivity contribution < 1.29 is 14.6 Å². The van der Waals surface area contributed by atoms with Crippen LogP contribution in [-0.4, -0.2) is 41.2 Å². The van der Waals surface area contributed by atoms with Crippen molar-refractivity contribution in [3.63, 3.8) is 0 Å². The summed E-state index contributed by atoms with van der Waals surface area (Å²) in [6, 6.07) is 13.6. The van der Waals surface area contributed by atoms with Gasteiger partial charge in [0.1, 0.15) is 6.10 Å². The van der Waals surface area contributed by atoms with Crippen LogP contribution in [0.2, 0.25) is 0 Å². The van der Waals surface area contributed by atoms with Gasteiger partial charge in [0, 0.05) is 17.6 Å². The number of carbonyl (C=O) groups excluding carboxylic acids is 1. The minimum Gasteiger partial charge on any atom is -0.458 e. The van der Waals surface area contributed by atoms with E-state index in [2.05, 4.69) is 11.9 Å². The fourth-order valence-electron chi connectivity index (χ4n) is 4.27. The van der Waals surface area contributed by atoms with Gasteiger partial charge in [0.25, 0.3) is 0 Å². The summed E-state index contributed by atoms with van der Waals surface area (Å²) in [5, 5.41) is 13.3. The fourth-order valence-corrected chi connectivity index (χ4v) is 5.10. The van der Waals surface area contributed by atoms with Gasteiger partial charge in [0.15, 0.2) is 0 Å². The highest BCUT2D eigenvalue weighted by atomic mass is 32.1. The van der Waals surface area contributed by atoms with Crippen molar-refractivity contribution in [2.45, 2.75) is 49.5 Å². The molecule has 2 saturated heterocycles. The van der Waals surface area contributed by atoms with E-state index in [4.69, 9.17) is 4.74 Å². The molecule has 4 rings (SSSR count). The number of thiophene rings is 1. The molecule has 1 N–H and O–H groups in total. The van der Waals surface area contributed by atoms with Crippen molar-refractivity contribution in [3.8, 4) is 0 Å². The summed E-state index contributed by atoms with van der Waals surface area (Å²) < 4.78 is 5.91. The van der Waals surface area contributed by atoms with Crippen LogP contribution in [0.5, 0.6) is 0 Å². The molecule has 2 bridgehead atoms. The average molecular weight is 357 g/mol. The molecule has 0 radical (unpaired) electrons. The predicted octanol–water partition coefficient (Wildman–Crippen LogP) is 3.15. The minimum absolute atomic E-state index is 0.147. The number of hydrogen-bond donors (Lipinski definition) is 1. The Kier molecular flexibility index (Phi) is 4.40. The van der Waals surface area contributed by atoms with Crippen molar-refractivity contribution in [2.75, 3.05) is 7.05 Å². The van der Waals surface area contributed by atoms with E-state index >= 15 is 0 Å². The normalized spacial score (nSPS) is 28.5. The van der Waals surface area contributed by atoms with Crippen LogP contribution in [0.4, 0.5) is 0 Å². The Morgan fingerprint density at radius 3 is 2.64 bits per heavy atom. The minimum atomic E-state index is -1.75. The van der Waals surface area contributed by atoms with Gasteiger partial charge in [0.05, 0.1) is 4.88 Å². The Morgan fingerprint density at radius 1 is 1.16 bits per heavy atom. The molecule has 0 unspecified atom stereocenters. The number of ether oxygens (including phenoxy) is 1. The standard InChI is InChI=1S/C20H23NO3S/c1-21-15-9-11-16(21)17(12-10-15)24-19(22)20(23,18-8-5-13-25-18)14-6-3-2-4-7-14/h2-8,13,15-17,23H,9-12H2,1H3/t15-,16+,17+,20-/m0/s1. The molecule has 2 aliphatic heterocycles. The molecule has 0 aliphatic carbocycles. The first-order chi connectivity index (χ1) is 12.1. The molecule has 5 heteroatoms. The number of benzene rings is 1. The smallest absolute Gasteiger partial charge is 0.348 e. The van der Waals surface area contributed by atoms with Gasteiger partial charge in [-0.25, -0.2) is 4.79 Å². The summed E-state index contributed by atoms with van der Waals surface area (Å²) in [5.41, 5.74) is -1.19. The van der Waals surface area contributed by atoms with Crippen LogP contribution in [0, 0.1) is 0 Å². The zero-order chi connectivity index (χ0) is 17.4. The molecule has 132 valence electrons. The third-order valence-corrected chi connectivity index (χ3v) is 6.71. The van der Waals surface area contributed by atoms with E-state index in [0.717, 1.165) is 19.3 Å². The number of likely N-dealkylation sites (N-methyl/N-ethyl adjacent to an activating group) is 1. The van der Waals surface area contributed by atoms with Crippen molar-refractivity contribution in [1.82, 2.24) is 4.90 Å². The van der Waals surface area contributed by atoms with Gasteiger partial charge < -0.3 is 9.84 Å². The third-order valence-electron chi connectivity index (χ3n) is 5.73. The van der Waals surface area contributed by atoms with Gasteiger partial charge in [0.2, 0.25) is 5.60 Å². The summed E-state index contributed by atoms with van der Waals surface area (Å²) in [6.07, 6.45) is 4.01. The van der Waals surface area contributed by atoms with Crippen LogP contribution in [0.25, 0.3) is 0 Å². The number of rotatable bonds is 4. The molecule has 2 aromatic rings. The van der Waals surface area contributed by atoms with Crippen molar-refractivity contribution in [3.05, 3.63) is 58.3 Å². The number of piperidine rings is 1. The third kappa shape index (κ3) is 2.80. The van der Waals surface area contributed by atoms with Crippen LogP contribution in [-0.2, 0) is 15.1 Å². The van der Waals surface area contributed by atoms with E-state index in [1.807, 2.05) is 29.6 Å². The van der Waals surface area contributed by atoms with Crippen LogP contribution >= 0.6 is 11.3 Å². The van der Waals surface area contributed by atoms with E-state index in [1.54, 1.807) is 18.2 Å². The second-order valence-electron chi connectivity index (χ2n) is 7.04. The number of hydrogen-bond acceptors (Lipinski definition) is 5. The van der Waals surface area contributed by atoms with E-state index in [1.165, 1.54) is 17.8 Å². The lowest BCUT2D eigenvalue weighted by molar-refractivity contribution is -0.172. The Bertz CT molecular complexity index is 733. The SMILES string of the molecule is CN1[C@H]2CC[C@@H]1[C@H](OC(=O)[C@](O)(c1ccccc1)c1cccs1)CC2. The van der Waals surface area contributed by atoms with Crippen molar-refractivity contribution >= 4 is 17.3 Å². The van der Waals surface area contributed by atoms with E-state index in [0.29, 0.717) is 16.5 Å². The second-order valence-corrected chi connectivity index (χ2v) is 7.99. The summed E-state index contributed by atoms with van der Waals surface area (Å²) in [6.45, 7) is 0. The largest absolute Gasteiger partial charge is 0.458 e. The maximum absolute atomic E-state index is 13.1. The molecule has 4 atom stereocenters. The van der Waals surface area contributed by atoms with Gasteiger partial charge >= 0.3 is 5.97 Å². The molecule has 3 heterocycles. The number of nitrogens with zero attached hydrogens (tertiary/aromatic N) is 1. The molecule has 25 heavy (non-hydrogen) atoms. The first kappa shape index (κ1) is 16.8. The van der Waals surface area contributed by atoms with Crippen molar-refractivity contribution in [1.29, 1.82) is 0 Å². The highest BCUT2D eigenvalue weighted by Gasteiger charge is 2.47. The monoisotopic (exact) mass is 357 g/mol. The summed E-state index contributed by atoms with van der Waals surface area (Å²) >= 11 is 1.37. The van der Waals surface area contributed by atoms with Gasteiger partial charge in [-0.1, -0.05) is 36.4 Å². The summed E-state index contributed by atoms with van der Waals surface area (Å²) in [4.78, 5) is 16.1. The van der Waals surface area contributed by atoms with Gasteiger partial charge in [-0.05, 0) is 44.2 Å². The number of fused-ring (bicyclic) bond motifs is 2. The summed E-state index contributed by atoms with van der Waals surface area (Å²) in [7, 11) is 2.12. The second kappa shape index (κ2) is 6.56. The van der Waals surface area contributed by atoms with Gasteiger partial charge in [-0.3, -0.25) is 4.90 Å². The Balaban J connectivity index is 1.63. The van der Waals surface area contributed by atoms with Crippen LogP contribution in [0.15, 0.2) is 47.8 Å². The van der Waals surface area contributed by atoms with Crippen molar-refractivity contribution in [2.24, 2.45) is 0 Å². The van der Waals surface area contributed by atoms with Gasteiger partial charge in [-0.2, -0.15) is 0 Å². The Morgan fingerprint density at radius 2 is 1.92 bits per heavy atom. The molecule has 4 nitrogen and oxygen atoms in total. The van der Waals surface area contributed by atoms with Gasteiger partial charge in [-0.15, -0.1) is 11.3 Å². The molecule has 1 aromatic heterocycles. The van der Waals surface area contributed by atoms with E-state index < -0.39 is 11.6 Å². The molecule has 1 aromatic carbocycles. The number of carbonyl (C=O) groups is 1. The van der Waals surface area contributed by atoms with E-state index in [-0.39, 0.29) is 12.1 Å². The predicted molar refractivity (Wildman–Crippen MR) is 97.4 cm³/mol. The van der Waals surface area contributed by atoms with Crippen LogP contribution in [0.3, 0.4) is 0 Å². The lowest BCUT2D eigenvalue weighted by Gasteiger charge is -2.38. The van der Waals surface area contributed by atoms with E-state index in [9.17, 15) is 9.90 Å². The molecule has 0 saturated carbocycles. The first-order valence-corrected chi connectivity index (χ1v) is 9.73. The zero-order valence-electron chi connectivity index (χ0n) is 14.3. The zero-order valence-corrected chi connectivity index (χ0v) is 15.1. The van der Waals surface area contributed by atoms with Crippen LogP contribution < -0.4 is 0 Å². The average Bonchev–Trinajstić information content (AvgIpc) is 3.24.